The van der Waals surface area contributed by atoms with Gasteiger partial charge in [-0.15, -0.1) is 0 Å². The van der Waals surface area contributed by atoms with Gasteiger partial charge in [-0.3, -0.25) is 0 Å². The molecule has 0 bridgehead atoms. The van der Waals surface area contributed by atoms with Crippen LogP contribution in [0.15, 0.2) is 18.2 Å². The minimum atomic E-state index is 0.0527. The molecule has 0 heterocycles. The van der Waals surface area contributed by atoms with Gasteiger partial charge in [-0.05, 0) is 29.9 Å². The fraction of sp³-hybridized carbons (Fsp3) is 0.500. The summed E-state index contributed by atoms with van der Waals surface area (Å²) in [7, 11) is 0. The van der Waals surface area contributed by atoms with Crippen molar-refractivity contribution in [2.24, 2.45) is 5.92 Å². The average molecular weight is 201 g/mol. The van der Waals surface area contributed by atoms with Crippen LogP contribution in [0.3, 0.4) is 0 Å². The molecule has 0 saturated heterocycles. The van der Waals surface area contributed by atoms with Gasteiger partial charge in [0.25, 0.3) is 0 Å². The van der Waals surface area contributed by atoms with Crippen molar-refractivity contribution in [1.29, 1.82) is 5.26 Å². The van der Waals surface area contributed by atoms with Crippen LogP contribution in [0.1, 0.15) is 44.4 Å². The molecule has 0 aliphatic heterocycles. The quantitative estimate of drug-likeness (QED) is 0.714. The largest absolute Gasteiger partial charge is 0.192 e. The van der Waals surface area contributed by atoms with Crippen molar-refractivity contribution in [3.05, 3.63) is 34.9 Å². The van der Waals surface area contributed by atoms with E-state index in [0.717, 1.165) is 5.56 Å². The van der Waals surface area contributed by atoms with Crippen molar-refractivity contribution < 1.29 is 0 Å². The summed E-state index contributed by atoms with van der Waals surface area (Å²) < 4.78 is 0. The highest BCUT2D eigenvalue weighted by atomic mass is 14.3. The van der Waals surface area contributed by atoms with Crippen molar-refractivity contribution >= 4 is 0 Å². The van der Waals surface area contributed by atoms with Crippen LogP contribution in [0.2, 0.25) is 0 Å². The van der Waals surface area contributed by atoms with Crippen LogP contribution >= 0.6 is 0 Å². The van der Waals surface area contributed by atoms with Gasteiger partial charge >= 0.3 is 0 Å². The van der Waals surface area contributed by atoms with Gasteiger partial charge in [0.1, 0.15) is 0 Å². The van der Waals surface area contributed by atoms with Gasteiger partial charge in [0.05, 0.1) is 11.6 Å². The average Bonchev–Trinajstić information content (AvgIpc) is 2.17. The highest BCUT2D eigenvalue weighted by Gasteiger charge is 2.27. The fourth-order valence-corrected chi connectivity index (χ4v) is 1.60. The van der Waals surface area contributed by atoms with Crippen molar-refractivity contribution in [2.45, 2.75) is 40.0 Å². The molecule has 1 rings (SSSR count). The van der Waals surface area contributed by atoms with E-state index in [1.165, 1.54) is 11.1 Å². The molecule has 0 saturated carbocycles. The van der Waals surface area contributed by atoms with Crippen molar-refractivity contribution in [1.82, 2.24) is 0 Å². The van der Waals surface area contributed by atoms with Gasteiger partial charge in [0.15, 0.2) is 0 Å². The molecule has 0 fully saturated rings. The minimum Gasteiger partial charge on any atom is -0.192 e. The summed E-state index contributed by atoms with van der Waals surface area (Å²) in [6, 6.07) is 8.35. The van der Waals surface area contributed by atoms with Crippen LogP contribution in [0.25, 0.3) is 0 Å². The van der Waals surface area contributed by atoms with Crippen molar-refractivity contribution in [3.8, 4) is 6.07 Å². The second-order valence-electron chi connectivity index (χ2n) is 5.04. The zero-order chi connectivity index (χ0) is 11.6. The van der Waals surface area contributed by atoms with E-state index in [-0.39, 0.29) is 5.41 Å². The molecule has 1 heteroatoms. The normalized spacial score (nSPS) is 11.5. The highest BCUT2D eigenvalue weighted by molar-refractivity contribution is 5.44. The van der Waals surface area contributed by atoms with Crippen molar-refractivity contribution in [2.75, 3.05) is 0 Å². The number of nitrogens with zero attached hydrogens (tertiary/aromatic N) is 1. The van der Waals surface area contributed by atoms with E-state index >= 15 is 0 Å². The Bertz CT molecular complexity index is 394. The molecule has 0 aromatic heterocycles. The molecular weight excluding hydrogens is 182 g/mol. The molecule has 0 aliphatic carbocycles. The second-order valence-corrected chi connectivity index (χ2v) is 5.04. The highest BCUT2D eigenvalue weighted by Crippen LogP contribution is 2.33. The SMILES string of the molecule is Cc1ccc(C#N)c(C(C)(C)C(C)C)c1. The van der Waals surface area contributed by atoms with Gasteiger partial charge in [-0.25, -0.2) is 0 Å². The Kier molecular flexibility index (Phi) is 3.19. The monoisotopic (exact) mass is 201 g/mol. The third-order valence-corrected chi connectivity index (χ3v) is 3.43. The number of nitriles is 1. The molecule has 0 N–H and O–H groups in total. The van der Waals surface area contributed by atoms with Crippen LogP contribution < -0.4 is 0 Å². The number of benzene rings is 1. The van der Waals surface area contributed by atoms with E-state index in [1.807, 2.05) is 12.1 Å². The van der Waals surface area contributed by atoms with E-state index in [1.54, 1.807) is 0 Å². The molecule has 0 spiro atoms. The van der Waals surface area contributed by atoms with Gasteiger partial charge in [0, 0.05) is 0 Å². The molecule has 1 aromatic rings. The first kappa shape index (κ1) is 11.8. The third-order valence-electron chi connectivity index (χ3n) is 3.43. The Morgan fingerprint density at radius 3 is 2.33 bits per heavy atom. The molecule has 0 radical (unpaired) electrons. The smallest absolute Gasteiger partial charge is 0.0994 e. The van der Waals surface area contributed by atoms with E-state index in [9.17, 15) is 0 Å². The molecule has 0 amide bonds. The lowest BCUT2D eigenvalue weighted by Crippen LogP contribution is -2.25. The Labute approximate surface area is 92.7 Å². The van der Waals surface area contributed by atoms with Crippen LogP contribution in [0.4, 0.5) is 0 Å². The molecule has 80 valence electrons. The summed E-state index contributed by atoms with van der Waals surface area (Å²) in [5.41, 5.74) is 3.24. The molecule has 1 nitrogen and oxygen atoms in total. The van der Waals surface area contributed by atoms with E-state index in [0.29, 0.717) is 5.92 Å². The third kappa shape index (κ3) is 2.21. The molecule has 0 unspecified atom stereocenters. The van der Waals surface area contributed by atoms with Crippen LogP contribution in [-0.2, 0) is 5.41 Å². The Balaban J connectivity index is 3.36. The summed E-state index contributed by atoms with van der Waals surface area (Å²) in [6.45, 7) is 10.9. The second kappa shape index (κ2) is 4.06. The number of rotatable bonds is 2. The molecule has 15 heavy (non-hydrogen) atoms. The number of aryl methyl sites for hydroxylation is 1. The predicted octanol–water partition coefficient (Wildman–Crippen LogP) is 3.80. The van der Waals surface area contributed by atoms with E-state index < -0.39 is 0 Å². The first-order chi connectivity index (χ1) is 6.89. The molecular formula is C14H19N. The van der Waals surface area contributed by atoms with Gasteiger partial charge in [-0.1, -0.05) is 45.4 Å². The topological polar surface area (TPSA) is 23.8 Å². The summed E-state index contributed by atoms with van der Waals surface area (Å²) >= 11 is 0. The lowest BCUT2D eigenvalue weighted by atomic mass is 9.73. The standard InChI is InChI=1S/C14H19N/c1-10(2)14(4,5)13-8-11(3)6-7-12(13)9-15/h6-8,10H,1-5H3. The number of hydrogen-bond acceptors (Lipinski definition) is 1. The minimum absolute atomic E-state index is 0.0527. The number of hydrogen-bond donors (Lipinski definition) is 0. The maximum absolute atomic E-state index is 9.10. The summed E-state index contributed by atoms with van der Waals surface area (Å²) in [6.07, 6.45) is 0. The Morgan fingerprint density at radius 2 is 1.87 bits per heavy atom. The first-order valence-corrected chi connectivity index (χ1v) is 5.41. The molecule has 0 atom stereocenters. The van der Waals surface area contributed by atoms with Gasteiger partial charge in [-0.2, -0.15) is 5.26 Å². The van der Waals surface area contributed by atoms with Gasteiger partial charge in [0.2, 0.25) is 0 Å². The summed E-state index contributed by atoms with van der Waals surface area (Å²) in [4.78, 5) is 0. The Morgan fingerprint density at radius 1 is 1.27 bits per heavy atom. The van der Waals surface area contributed by atoms with Crippen LogP contribution in [0, 0.1) is 24.2 Å². The first-order valence-electron chi connectivity index (χ1n) is 5.41. The molecule has 1 aromatic carbocycles. The predicted molar refractivity (Wildman–Crippen MR) is 63.8 cm³/mol. The molecule has 0 aliphatic rings. The van der Waals surface area contributed by atoms with E-state index in [4.69, 9.17) is 5.26 Å². The van der Waals surface area contributed by atoms with Crippen LogP contribution in [-0.4, -0.2) is 0 Å². The fourth-order valence-electron chi connectivity index (χ4n) is 1.60. The zero-order valence-corrected chi connectivity index (χ0v) is 10.3. The lowest BCUT2D eigenvalue weighted by molar-refractivity contribution is 0.371. The van der Waals surface area contributed by atoms with E-state index in [2.05, 4.69) is 46.8 Å². The van der Waals surface area contributed by atoms with Crippen molar-refractivity contribution in [3.63, 3.8) is 0 Å². The maximum atomic E-state index is 9.10. The summed E-state index contributed by atoms with van der Waals surface area (Å²) in [5.74, 6) is 0.520. The lowest BCUT2D eigenvalue weighted by Gasteiger charge is -2.31. The zero-order valence-electron chi connectivity index (χ0n) is 10.3. The summed E-state index contributed by atoms with van der Waals surface area (Å²) in [5, 5.41) is 9.10. The Hall–Kier alpha value is -1.29. The van der Waals surface area contributed by atoms with Gasteiger partial charge < -0.3 is 0 Å². The maximum Gasteiger partial charge on any atom is 0.0994 e. The van der Waals surface area contributed by atoms with Crippen LogP contribution in [0.5, 0.6) is 0 Å².